The Balaban J connectivity index is 1.50. The normalized spacial score (nSPS) is 11.2. The second-order valence-corrected chi connectivity index (χ2v) is 9.66. The third-order valence-electron chi connectivity index (χ3n) is 5.85. The maximum absolute atomic E-state index is 13.3. The number of ether oxygens (including phenoxy) is 2. The number of thioether (sulfide) groups is 1. The van der Waals surface area contributed by atoms with Gasteiger partial charge in [0.05, 0.1) is 14.2 Å². The molecule has 0 aromatic heterocycles. The van der Waals surface area contributed by atoms with Crippen molar-refractivity contribution in [3.63, 3.8) is 0 Å². The molecule has 0 spiro atoms. The number of methoxy groups -OCH3 is 2. The van der Waals surface area contributed by atoms with Gasteiger partial charge in [-0.25, -0.2) is 4.79 Å². The van der Waals surface area contributed by atoms with E-state index in [-0.39, 0.29) is 23.1 Å². The number of carbonyl (C=O) groups excluding carboxylic acids is 2. The van der Waals surface area contributed by atoms with Gasteiger partial charge in [0.15, 0.2) is 11.5 Å². The summed E-state index contributed by atoms with van der Waals surface area (Å²) in [5.74, 6) is -1.43. The van der Waals surface area contributed by atoms with Crippen LogP contribution < -0.4 is 20.1 Å². The number of carboxylic acid groups (broad SMARTS) is 1. The lowest BCUT2D eigenvalue weighted by molar-refractivity contribution is -0.115. The molecule has 40 heavy (non-hydrogen) atoms. The fourth-order valence-corrected chi connectivity index (χ4v) is 4.85. The van der Waals surface area contributed by atoms with Gasteiger partial charge in [-0.2, -0.15) is 0 Å². The molecule has 204 valence electrons. The van der Waals surface area contributed by atoms with Crippen molar-refractivity contribution >= 4 is 40.9 Å². The van der Waals surface area contributed by atoms with Gasteiger partial charge in [0.1, 0.15) is 16.6 Å². The molecular weight excluding hydrogens is 532 g/mol. The molecule has 1 unspecified atom stereocenters. The van der Waals surface area contributed by atoms with E-state index in [1.807, 2.05) is 30.3 Å². The van der Waals surface area contributed by atoms with Crippen LogP contribution in [0.3, 0.4) is 0 Å². The van der Waals surface area contributed by atoms with Crippen molar-refractivity contribution < 1.29 is 34.1 Å². The summed E-state index contributed by atoms with van der Waals surface area (Å²) in [6.45, 7) is 0. The molecule has 4 aromatic carbocycles. The van der Waals surface area contributed by atoms with Gasteiger partial charge in [0, 0.05) is 21.8 Å². The minimum Gasteiger partial charge on any atom is -0.507 e. The summed E-state index contributed by atoms with van der Waals surface area (Å²) >= 11 is 1.29. The van der Waals surface area contributed by atoms with E-state index in [9.17, 15) is 24.6 Å². The maximum atomic E-state index is 13.3. The molecule has 4 aromatic rings. The van der Waals surface area contributed by atoms with Gasteiger partial charge in [0.2, 0.25) is 5.91 Å². The molecule has 0 bridgehead atoms. The zero-order valence-electron chi connectivity index (χ0n) is 21.6. The SMILES string of the molecule is COc1ccc(C(=O)Nc2ccc(SC(C(=O)Nc3ccc(O)c(C(=O)O)c3)c3ccccc3)cc2)cc1OC. The average molecular weight is 559 g/mol. The van der Waals surface area contributed by atoms with Gasteiger partial charge in [0.25, 0.3) is 5.91 Å². The highest BCUT2D eigenvalue weighted by Crippen LogP contribution is 2.37. The lowest BCUT2D eigenvalue weighted by Crippen LogP contribution is -2.19. The molecule has 0 fully saturated rings. The number of aromatic carboxylic acids is 1. The lowest BCUT2D eigenvalue weighted by atomic mass is 10.1. The second kappa shape index (κ2) is 12.7. The number of aromatic hydroxyl groups is 1. The molecule has 4 rings (SSSR count). The first-order valence-corrected chi connectivity index (χ1v) is 12.9. The molecule has 0 aliphatic heterocycles. The Bertz CT molecular complexity index is 1530. The van der Waals surface area contributed by atoms with E-state index in [0.717, 1.165) is 10.5 Å². The number of anilines is 2. The lowest BCUT2D eigenvalue weighted by Gasteiger charge is -2.18. The summed E-state index contributed by atoms with van der Waals surface area (Å²) in [7, 11) is 3.02. The van der Waals surface area contributed by atoms with E-state index >= 15 is 0 Å². The van der Waals surface area contributed by atoms with E-state index < -0.39 is 17.0 Å². The molecule has 1 atom stereocenters. The van der Waals surface area contributed by atoms with Crippen molar-refractivity contribution in [2.24, 2.45) is 0 Å². The van der Waals surface area contributed by atoms with Crippen molar-refractivity contribution in [1.29, 1.82) is 0 Å². The fraction of sp³-hybridized carbons (Fsp3) is 0.100. The van der Waals surface area contributed by atoms with Crippen molar-refractivity contribution in [2.45, 2.75) is 10.1 Å². The van der Waals surface area contributed by atoms with Crippen molar-refractivity contribution in [2.75, 3.05) is 24.9 Å². The molecule has 9 nitrogen and oxygen atoms in total. The monoisotopic (exact) mass is 558 g/mol. The summed E-state index contributed by atoms with van der Waals surface area (Å²) in [6.07, 6.45) is 0. The fourth-order valence-electron chi connectivity index (χ4n) is 3.83. The van der Waals surface area contributed by atoms with Crippen LogP contribution in [0, 0.1) is 0 Å². The molecular formula is C30H26N2O7S. The first kappa shape index (κ1) is 28.1. The summed E-state index contributed by atoms with van der Waals surface area (Å²) in [4.78, 5) is 38.2. The van der Waals surface area contributed by atoms with Gasteiger partial charge in [-0.3, -0.25) is 9.59 Å². The predicted octanol–water partition coefficient (Wildman–Crippen LogP) is 5.83. The van der Waals surface area contributed by atoms with Crippen molar-refractivity contribution in [3.05, 3.63) is 108 Å². The van der Waals surface area contributed by atoms with Gasteiger partial charge in [-0.1, -0.05) is 30.3 Å². The van der Waals surface area contributed by atoms with Crippen LogP contribution in [0.4, 0.5) is 11.4 Å². The van der Waals surface area contributed by atoms with Gasteiger partial charge >= 0.3 is 5.97 Å². The van der Waals surface area contributed by atoms with Crippen LogP contribution in [-0.2, 0) is 4.79 Å². The molecule has 0 saturated carbocycles. The van der Waals surface area contributed by atoms with Crippen LogP contribution in [0.25, 0.3) is 0 Å². The largest absolute Gasteiger partial charge is 0.507 e. The number of carbonyl (C=O) groups is 3. The Kier molecular flexibility index (Phi) is 8.93. The Hall–Kier alpha value is -4.96. The van der Waals surface area contributed by atoms with Crippen LogP contribution in [0.15, 0.2) is 95.9 Å². The minimum absolute atomic E-state index is 0.245. The molecule has 10 heteroatoms. The summed E-state index contributed by atoms with van der Waals surface area (Å²) in [5.41, 5.74) is 1.64. The van der Waals surface area contributed by atoms with E-state index in [0.29, 0.717) is 22.7 Å². The maximum Gasteiger partial charge on any atom is 0.339 e. The third kappa shape index (κ3) is 6.72. The van der Waals surface area contributed by atoms with Crippen molar-refractivity contribution in [1.82, 2.24) is 0 Å². The van der Waals surface area contributed by atoms with Gasteiger partial charge < -0.3 is 30.3 Å². The van der Waals surface area contributed by atoms with Crippen LogP contribution in [0.1, 0.15) is 31.5 Å². The molecule has 4 N–H and O–H groups in total. The van der Waals surface area contributed by atoms with Gasteiger partial charge in [-0.05, 0) is 66.2 Å². The summed E-state index contributed by atoms with van der Waals surface area (Å²) < 4.78 is 10.5. The second-order valence-electron chi connectivity index (χ2n) is 8.48. The number of amides is 2. The number of rotatable bonds is 10. The molecule has 0 aliphatic rings. The average Bonchev–Trinajstić information content (AvgIpc) is 2.97. The Morgan fingerprint density at radius 3 is 2.10 bits per heavy atom. The molecule has 2 amide bonds. The Labute approximate surface area is 234 Å². The summed E-state index contributed by atoms with van der Waals surface area (Å²) in [6, 6.07) is 25.0. The van der Waals surface area contributed by atoms with E-state index in [4.69, 9.17) is 9.47 Å². The van der Waals surface area contributed by atoms with E-state index in [1.165, 1.54) is 44.2 Å². The number of hydrogen-bond acceptors (Lipinski definition) is 7. The molecule has 0 aliphatic carbocycles. The van der Waals surface area contributed by atoms with Crippen LogP contribution in [-0.4, -0.2) is 42.2 Å². The summed E-state index contributed by atoms with van der Waals surface area (Å²) in [5, 5.41) is 24.0. The van der Waals surface area contributed by atoms with Gasteiger partial charge in [-0.15, -0.1) is 11.8 Å². The third-order valence-corrected chi connectivity index (χ3v) is 7.11. The highest BCUT2D eigenvalue weighted by Gasteiger charge is 2.23. The van der Waals surface area contributed by atoms with Crippen LogP contribution in [0.2, 0.25) is 0 Å². The first-order valence-electron chi connectivity index (χ1n) is 12.0. The first-order chi connectivity index (χ1) is 19.3. The minimum atomic E-state index is -1.30. The molecule has 0 heterocycles. The molecule has 0 radical (unpaired) electrons. The smallest absolute Gasteiger partial charge is 0.339 e. The highest BCUT2D eigenvalue weighted by molar-refractivity contribution is 8.00. The van der Waals surface area contributed by atoms with Crippen LogP contribution in [0.5, 0.6) is 17.2 Å². The number of benzene rings is 4. The van der Waals surface area contributed by atoms with Crippen LogP contribution >= 0.6 is 11.8 Å². The quantitative estimate of drug-likeness (QED) is 0.141. The topological polar surface area (TPSA) is 134 Å². The van der Waals surface area contributed by atoms with Crippen molar-refractivity contribution in [3.8, 4) is 17.2 Å². The zero-order valence-corrected chi connectivity index (χ0v) is 22.4. The number of hydrogen-bond donors (Lipinski definition) is 4. The number of phenols is 1. The number of nitrogens with one attached hydrogen (secondary N) is 2. The number of carboxylic acids is 1. The predicted molar refractivity (Wildman–Crippen MR) is 153 cm³/mol. The van der Waals surface area contributed by atoms with E-state index in [1.54, 1.807) is 42.5 Å². The standard InChI is InChI=1S/C30H26N2O7S/c1-38-25-15-8-19(16-26(25)39-2)28(34)31-20-9-12-22(13-10-20)40-27(18-6-4-3-5-7-18)29(35)32-21-11-14-24(33)23(17-21)30(36)37/h3-17,27,33H,1-2H3,(H,31,34)(H,32,35)(H,36,37). The highest BCUT2D eigenvalue weighted by atomic mass is 32.2. The zero-order chi connectivity index (χ0) is 28.6. The Morgan fingerprint density at radius 1 is 0.775 bits per heavy atom. The van der Waals surface area contributed by atoms with E-state index in [2.05, 4.69) is 10.6 Å². The Morgan fingerprint density at radius 2 is 1.45 bits per heavy atom. The molecule has 0 saturated heterocycles.